The SMILES string of the molecule is CCN(C(=O)C1(C)CCCS1)C1CCCCC1CN. The lowest BCUT2D eigenvalue weighted by Gasteiger charge is -2.42. The highest BCUT2D eigenvalue weighted by Gasteiger charge is 2.43. The van der Waals surface area contributed by atoms with E-state index in [9.17, 15) is 4.79 Å². The highest BCUT2D eigenvalue weighted by molar-refractivity contribution is 8.01. The molecule has 2 N–H and O–H groups in total. The van der Waals surface area contributed by atoms with Crippen LogP contribution in [0.4, 0.5) is 0 Å². The molecule has 1 saturated carbocycles. The van der Waals surface area contributed by atoms with Gasteiger partial charge in [-0.15, -0.1) is 11.8 Å². The van der Waals surface area contributed by atoms with E-state index in [2.05, 4.69) is 18.7 Å². The summed E-state index contributed by atoms with van der Waals surface area (Å²) in [4.78, 5) is 15.1. The van der Waals surface area contributed by atoms with Crippen LogP contribution in [-0.4, -0.2) is 40.4 Å². The van der Waals surface area contributed by atoms with Gasteiger partial charge in [-0.3, -0.25) is 4.79 Å². The molecule has 0 radical (unpaired) electrons. The molecule has 0 bridgehead atoms. The van der Waals surface area contributed by atoms with Crippen molar-refractivity contribution in [2.24, 2.45) is 11.7 Å². The van der Waals surface area contributed by atoms with Crippen molar-refractivity contribution in [3.63, 3.8) is 0 Å². The second kappa shape index (κ2) is 6.49. The minimum absolute atomic E-state index is 0.174. The Morgan fingerprint density at radius 2 is 2.11 bits per heavy atom. The van der Waals surface area contributed by atoms with Crippen molar-refractivity contribution in [1.82, 2.24) is 4.90 Å². The number of hydrogen-bond acceptors (Lipinski definition) is 3. The maximum absolute atomic E-state index is 12.9. The zero-order valence-electron chi connectivity index (χ0n) is 12.4. The first kappa shape index (κ1) is 15.2. The molecule has 0 aromatic carbocycles. The molecule has 1 aliphatic carbocycles. The second-order valence-electron chi connectivity index (χ2n) is 6.12. The van der Waals surface area contributed by atoms with Crippen molar-refractivity contribution < 1.29 is 4.79 Å². The first-order valence-electron chi connectivity index (χ1n) is 7.77. The summed E-state index contributed by atoms with van der Waals surface area (Å²) in [6, 6.07) is 0.384. The van der Waals surface area contributed by atoms with Gasteiger partial charge in [-0.25, -0.2) is 0 Å². The van der Waals surface area contributed by atoms with E-state index < -0.39 is 0 Å². The van der Waals surface area contributed by atoms with Gasteiger partial charge in [0.05, 0.1) is 4.75 Å². The van der Waals surface area contributed by atoms with Gasteiger partial charge in [0.25, 0.3) is 0 Å². The number of nitrogens with zero attached hydrogens (tertiary/aromatic N) is 1. The molecule has 0 aromatic heterocycles. The Balaban J connectivity index is 2.11. The minimum atomic E-state index is -0.174. The van der Waals surface area contributed by atoms with Gasteiger partial charge in [-0.1, -0.05) is 12.8 Å². The molecule has 3 atom stereocenters. The fourth-order valence-electron chi connectivity index (χ4n) is 3.65. The van der Waals surface area contributed by atoms with Crippen LogP contribution in [-0.2, 0) is 4.79 Å². The largest absolute Gasteiger partial charge is 0.338 e. The molecule has 3 unspecified atom stereocenters. The van der Waals surface area contributed by atoms with Crippen molar-refractivity contribution in [1.29, 1.82) is 0 Å². The molecule has 1 aliphatic heterocycles. The summed E-state index contributed by atoms with van der Waals surface area (Å²) in [6.07, 6.45) is 7.06. The Morgan fingerprint density at radius 1 is 1.37 bits per heavy atom. The number of thioether (sulfide) groups is 1. The van der Waals surface area contributed by atoms with Crippen molar-refractivity contribution in [3.8, 4) is 0 Å². The standard InChI is InChI=1S/C15H28N2OS/c1-3-17(13-8-5-4-7-12(13)11-16)14(18)15(2)9-6-10-19-15/h12-13H,3-11,16H2,1-2H3. The lowest BCUT2D eigenvalue weighted by Crippen LogP contribution is -2.53. The second-order valence-corrected chi connectivity index (χ2v) is 7.72. The first-order valence-corrected chi connectivity index (χ1v) is 8.76. The quantitative estimate of drug-likeness (QED) is 0.863. The molecular formula is C15H28N2OS. The van der Waals surface area contributed by atoms with E-state index in [0.29, 0.717) is 17.9 Å². The van der Waals surface area contributed by atoms with Crippen LogP contribution < -0.4 is 5.73 Å². The van der Waals surface area contributed by atoms with E-state index in [-0.39, 0.29) is 4.75 Å². The fraction of sp³-hybridized carbons (Fsp3) is 0.933. The predicted octanol–water partition coefficient (Wildman–Crippen LogP) is 2.64. The van der Waals surface area contributed by atoms with Crippen LogP contribution >= 0.6 is 11.8 Å². The van der Waals surface area contributed by atoms with Gasteiger partial charge >= 0.3 is 0 Å². The van der Waals surface area contributed by atoms with E-state index in [0.717, 1.165) is 31.7 Å². The average molecular weight is 284 g/mol. The molecule has 0 aromatic rings. The van der Waals surface area contributed by atoms with Crippen molar-refractivity contribution in [2.45, 2.75) is 63.2 Å². The minimum Gasteiger partial charge on any atom is -0.338 e. The monoisotopic (exact) mass is 284 g/mol. The third kappa shape index (κ3) is 3.10. The highest BCUT2D eigenvalue weighted by atomic mass is 32.2. The molecule has 1 amide bonds. The lowest BCUT2D eigenvalue weighted by molar-refractivity contribution is -0.137. The topological polar surface area (TPSA) is 46.3 Å². The zero-order chi connectivity index (χ0) is 13.9. The van der Waals surface area contributed by atoms with Gasteiger partial charge in [0.15, 0.2) is 0 Å². The molecule has 2 fully saturated rings. The van der Waals surface area contributed by atoms with E-state index in [1.54, 1.807) is 0 Å². The first-order chi connectivity index (χ1) is 9.12. The molecule has 4 heteroatoms. The molecular weight excluding hydrogens is 256 g/mol. The number of amides is 1. The molecule has 1 saturated heterocycles. The predicted molar refractivity (Wildman–Crippen MR) is 82.3 cm³/mol. The summed E-state index contributed by atoms with van der Waals surface area (Å²) in [7, 11) is 0. The van der Waals surface area contributed by atoms with Crippen LogP contribution in [0.2, 0.25) is 0 Å². The average Bonchev–Trinajstić information content (AvgIpc) is 2.88. The Hall–Kier alpha value is -0.220. The number of rotatable bonds is 4. The van der Waals surface area contributed by atoms with Crippen LogP contribution in [0, 0.1) is 5.92 Å². The van der Waals surface area contributed by atoms with Crippen LogP contribution in [0.25, 0.3) is 0 Å². The van der Waals surface area contributed by atoms with Gasteiger partial charge in [0.2, 0.25) is 5.91 Å². The van der Waals surface area contributed by atoms with Gasteiger partial charge in [-0.2, -0.15) is 0 Å². The van der Waals surface area contributed by atoms with Crippen molar-refractivity contribution >= 4 is 17.7 Å². The molecule has 2 aliphatic rings. The summed E-state index contributed by atoms with van der Waals surface area (Å²) >= 11 is 1.85. The fourth-order valence-corrected chi connectivity index (χ4v) is 4.92. The van der Waals surface area contributed by atoms with Gasteiger partial charge in [-0.05, 0) is 57.7 Å². The smallest absolute Gasteiger partial charge is 0.238 e. The summed E-state index contributed by atoms with van der Waals surface area (Å²) in [5.74, 6) is 2.00. The summed E-state index contributed by atoms with van der Waals surface area (Å²) in [6.45, 7) is 5.80. The van der Waals surface area contributed by atoms with Crippen LogP contribution in [0.15, 0.2) is 0 Å². The van der Waals surface area contributed by atoms with Gasteiger partial charge < -0.3 is 10.6 Å². The normalized spacial score (nSPS) is 35.3. The summed E-state index contributed by atoms with van der Waals surface area (Å²) in [5, 5.41) is 0. The number of hydrogen-bond donors (Lipinski definition) is 1. The molecule has 2 rings (SSSR count). The van der Waals surface area contributed by atoms with Crippen LogP contribution in [0.3, 0.4) is 0 Å². The maximum Gasteiger partial charge on any atom is 0.238 e. The molecule has 19 heavy (non-hydrogen) atoms. The lowest BCUT2D eigenvalue weighted by atomic mass is 9.83. The number of nitrogens with two attached hydrogens (primary N) is 1. The third-order valence-corrected chi connectivity index (χ3v) is 6.35. The van der Waals surface area contributed by atoms with E-state index >= 15 is 0 Å². The summed E-state index contributed by atoms with van der Waals surface area (Å²) < 4.78 is -0.174. The summed E-state index contributed by atoms with van der Waals surface area (Å²) in [5.41, 5.74) is 5.93. The third-order valence-electron chi connectivity index (χ3n) is 4.84. The van der Waals surface area contributed by atoms with Crippen molar-refractivity contribution in [3.05, 3.63) is 0 Å². The van der Waals surface area contributed by atoms with Crippen LogP contribution in [0.1, 0.15) is 52.4 Å². The Labute approximate surface area is 121 Å². The Bertz CT molecular complexity index is 315. The maximum atomic E-state index is 12.9. The molecule has 110 valence electrons. The number of carbonyl (C=O) groups excluding carboxylic acids is 1. The number of carbonyl (C=O) groups is 1. The van der Waals surface area contributed by atoms with Crippen LogP contribution in [0.5, 0.6) is 0 Å². The van der Waals surface area contributed by atoms with Gasteiger partial charge in [0, 0.05) is 12.6 Å². The Kier molecular flexibility index (Phi) is 5.18. The molecule has 0 spiro atoms. The van der Waals surface area contributed by atoms with E-state index in [4.69, 9.17) is 5.73 Å². The molecule has 3 nitrogen and oxygen atoms in total. The van der Waals surface area contributed by atoms with E-state index in [1.165, 1.54) is 25.7 Å². The zero-order valence-corrected chi connectivity index (χ0v) is 13.2. The van der Waals surface area contributed by atoms with Gasteiger partial charge in [0.1, 0.15) is 0 Å². The molecule has 1 heterocycles. The van der Waals surface area contributed by atoms with Crippen molar-refractivity contribution in [2.75, 3.05) is 18.8 Å². The Morgan fingerprint density at radius 3 is 2.68 bits per heavy atom. The van der Waals surface area contributed by atoms with E-state index in [1.807, 2.05) is 11.8 Å². The highest BCUT2D eigenvalue weighted by Crippen LogP contribution is 2.40.